The summed E-state index contributed by atoms with van der Waals surface area (Å²) in [6.45, 7) is 1.47. The zero-order valence-corrected chi connectivity index (χ0v) is 16.0. The van der Waals surface area contributed by atoms with Crippen LogP contribution in [0.25, 0.3) is 5.52 Å². The van der Waals surface area contributed by atoms with Gasteiger partial charge in [-0.3, -0.25) is 14.0 Å². The number of hydrogen-bond acceptors (Lipinski definition) is 6. The number of nitrogens with one attached hydrogen (secondary N) is 1. The highest BCUT2D eigenvalue weighted by atomic mass is 32.2. The lowest BCUT2D eigenvalue weighted by molar-refractivity contribution is -0.123. The van der Waals surface area contributed by atoms with Crippen molar-refractivity contribution in [3.8, 4) is 0 Å². The molecule has 3 aromatic rings. The van der Waals surface area contributed by atoms with Gasteiger partial charge in [0, 0.05) is 17.4 Å². The normalized spacial score (nSPS) is 11.8. The average Bonchev–Trinajstić information content (AvgIpc) is 3.07. The van der Waals surface area contributed by atoms with Gasteiger partial charge in [0.15, 0.2) is 17.0 Å². The molecule has 0 bridgehead atoms. The molecule has 0 spiro atoms. The molecule has 3 rings (SSSR count). The second kappa shape index (κ2) is 8.13. The Labute approximate surface area is 165 Å². The highest BCUT2D eigenvalue weighted by Crippen LogP contribution is 2.21. The Morgan fingerprint density at radius 3 is 2.54 bits per heavy atom. The van der Waals surface area contributed by atoms with Gasteiger partial charge in [0.2, 0.25) is 5.91 Å². The first kappa shape index (κ1) is 19.4. The number of ether oxygens (including phenoxy) is 1. The number of amides is 2. The Kier molecular flexibility index (Phi) is 5.65. The zero-order valence-electron chi connectivity index (χ0n) is 15.2. The molecule has 28 heavy (non-hydrogen) atoms. The maximum atomic E-state index is 12.5. The molecule has 2 aromatic heterocycles. The second-order valence-electron chi connectivity index (χ2n) is 5.88. The lowest BCUT2D eigenvalue weighted by Gasteiger charge is -2.13. The maximum Gasteiger partial charge on any atom is 0.360 e. The Bertz CT molecular complexity index is 1050. The molecular weight excluding hydrogens is 380 g/mol. The van der Waals surface area contributed by atoms with E-state index in [0.29, 0.717) is 21.9 Å². The van der Waals surface area contributed by atoms with E-state index in [0.717, 1.165) is 0 Å². The fraction of sp³-hybridized carbons (Fsp3) is 0.158. The Hall–Kier alpha value is -3.33. The minimum atomic E-state index is -1.04. The number of rotatable bonds is 6. The summed E-state index contributed by atoms with van der Waals surface area (Å²) in [7, 11) is 0. The summed E-state index contributed by atoms with van der Waals surface area (Å²) in [5, 5.41) is 3.27. The van der Waals surface area contributed by atoms with Crippen LogP contribution in [-0.2, 0) is 9.53 Å². The van der Waals surface area contributed by atoms with Crippen molar-refractivity contribution in [2.75, 3.05) is 11.6 Å². The molecule has 2 amide bonds. The monoisotopic (exact) mass is 398 g/mol. The molecule has 1 unspecified atom stereocenters. The predicted octanol–water partition coefficient (Wildman–Crippen LogP) is 2.34. The Balaban J connectivity index is 1.70. The van der Waals surface area contributed by atoms with E-state index in [2.05, 4.69) is 10.3 Å². The van der Waals surface area contributed by atoms with Crippen molar-refractivity contribution in [1.82, 2.24) is 9.38 Å². The number of imidazole rings is 1. The van der Waals surface area contributed by atoms with E-state index in [-0.39, 0.29) is 5.69 Å². The van der Waals surface area contributed by atoms with Gasteiger partial charge >= 0.3 is 5.97 Å². The van der Waals surface area contributed by atoms with Crippen LogP contribution in [0.3, 0.4) is 0 Å². The lowest BCUT2D eigenvalue weighted by atomic mass is 10.2. The second-order valence-corrected chi connectivity index (χ2v) is 6.65. The van der Waals surface area contributed by atoms with Crippen LogP contribution in [0.15, 0.2) is 53.8 Å². The molecule has 1 aromatic carbocycles. The van der Waals surface area contributed by atoms with Gasteiger partial charge in [0.1, 0.15) is 0 Å². The number of pyridine rings is 1. The molecule has 0 fully saturated rings. The standard InChI is InChI=1S/C19H18N4O4S/c1-11(17(25)21-13-8-6-12(7-9-13)16(20)24)27-18(26)15-14-5-3-4-10-23(14)19(22-15)28-2/h3-11H,1-2H3,(H2,20,24)(H,21,25). The molecule has 0 radical (unpaired) electrons. The number of fused-ring (bicyclic) bond motifs is 1. The summed E-state index contributed by atoms with van der Waals surface area (Å²) in [6, 6.07) is 11.5. The topological polar surface area (TPSA) is 116 Å². The number of thioether (sulfide) groups is 1. The van der Waals surface area contributed by atoms with Crippen LogP contribution >= 0.6 is 11.8 Å². The van der Waals surface area contributed by atoms with Crippen molar-refractivity contribution in [3.05, 3.63) is 59.9 Å². The van der Waals surface area contributed by atoms with Crippen molar-refractivity contribution in [1.29, 1.82) is 0 Å². The van der Waals surface area contributed by atoms with Crippen molar-refractivity contribution < 1.29 is 19.1 Å². The number of benzene rings is 1. The summed E-state index contributed by atoms with van der Waals surface area (Å²) in [4.78, 5) is 40.2. The van der Waals surface area contributed by atoms with E-state index in [1.807, 2.05) is 12.3 Å². The fourth-order valence-corrected chi connectivity index (χ4v) is 3.07. The fourth-order valence-electron chi connectivity index (χ4n) is 2.54. The van der Waals surface area contributed by atoms with Crippen molar-refractivity contribution in [3.63, 3.8) is 0 Å². The van der Waals surface area contributed by atoms with Crippen LogP contribution in [0.4, 0.5) is 5.69 Å². The van der Waals surface area contributed by atoms with Gasteiger partial charge in [-0.15, -0.1) is 0 Å². The first-order chi connectivity index (χ1) is 13.4. The average molecular weight is 398 g/mol. The van der Waals surface area contributed by atoms with Crippen LogP contribution in [0.2, 0.25) is 0 Å². The van der Waals surface area contributed by atoms with E-state index >= 15 is 0 Å². The van der Waals surface area contributed by atoms with Gasteiger partial charge < -0.3 is 15.8 Å². The number of hydrogen-bond donors (Lipinski definition) is 2. The summed E-state index contributed by atoms with van der Waals surface area (Å²) < 4.78 is 7.07. The molecule has 0 aliphatic rings. The number of nitrogens with two attached hydrogens (primary N) is 1. The third-order valence-corrected chi connectivity index (χ3v) is 4.64. The molecule has 2 heterocycles. The molecule has 9 heteroatoms. The molecule has 0 aliphatic heterocycles. The van der Waals surface area contributed by atoms with E-state index in [9.17, 15) is 14.4 Å². The van der Waals surface area contributed by atoms with E-state index in [1.54, 1.807) is 34.9 Å². The van der Waals surface area contributed by atoms with Crippen LogP contribution < -0.4 is 11.1 Å². The minimum Gasteiger partial charge on any atom is -0.448 e. The maximum absolute atomic E-state index is 12.5. The number of primary amides is 1. The highest BCUT2D eigenvalue weighted by molar-refractivity contribution is 7.98. The van der Waals surface area contributed by atoms with Gasteiger partial charge in [-0.2, -0.15) is 0 Å². The van der Waals surface area contributed by atoms with Crippen molar-refractivity contribution >= 4 is 40.7 Å². The number of aromatic nitrogens is 2. The van der Waals surface area contributed by atoms with Crippen molar-refractivity contribution in [2.45, 2.75) is 18.2 Å². The number of nitrogens with zero attached hydrogens (tertiary/aromatic N) is 2. The highest BCUT2D eigenvalue weighted by Gasteiger charge is 2.23. The Morgan fingerprint density at radius 2 is 1.89 bits per heavy atom. The quantitative estimate of drug-likeness (QED) is 0.486. The summed E-state index contributed by atoms with van der Waals surface area (Å²) in [5.41, 5.74) is 6.71. The smallest absolute Gasteiger partial charge is 0.360 e. The van der Waals surface area contributed by atoms with E-state index in [4.69, 9.17) is 10.5 Å². The van der Waals surface area contributed by atoms with Gasteiger partial charge in [-0.1, -0.05) is 17.8 Å². The molecule has 3 N–H and O–H groups in total. The van der Waals surface area contributed by atoms with Crippen LogP contribution in [0.5, 0.6) is 0 Å². The van der Waals surface area contributed by atoms with Crippen LogP contribution in [0, 0.1) is 0 Å². The molecule has 0 saturated heterocycles. The Morgan fingerprint density at radius 1 is 1.18 bits per heavy atom. The van der Waals surface area contributed by atoms with Crippen LogP contribution in [0.1, 0.15) is 27.8 Å². The predicted molar refractivity (Wildman–Crippen MR) is 105 cm³/mol. The SMILES string of the molecule is CSc1nc(C(=O)OC(C)C(=O)Nc2ccc(C(N)=O)cc2)c2ccccn12. The zero-order chi connectivity index (χ0) is 20.3. The first-order valence-electron chi connectivity index (χ1n) is 8.33. The molecule has 1 atom stereocenters. The van der Waals surface area contributed by atoms with Gasteiger partial charge in [-0.25, -0.2) is 9.78 Å². The number of carbonyl (C=O) groups excluding carboxylic acids is 3. The summed E-state index contributed by atoms with van der Waals surface area (Å²) in [5.74, 6) is -1.75. The van der Waals surface area contributed by atoms with E-state index < -0.39 is 23.9 Å². The molecule has 0 aliphatic carbocycles. The van der Waals surface area contributed by atoms with Crippen LogP contribution in [-0.4, -0.2) is 39.5 Å². The third-order valence-electron chi connectivity index (χ3n) is 3.98. The summed E-state index contributed by atoms with van der Waals surface area (Å²) >= 11 is 1.40. The molecular formula is C19H18N4O4S. The minimum absolute atomic E-state index is 0.149. The lowest BCUT2D eigenvalue weighted by Crippen LogP contribution is -2.30. The number of esters is 1. The number of anilines is 1. The van der Waals surface area contributed by atoms with Crippen molar-refractivity contribution in [2.24, 2.45) is 5.73 Å². The molecule has 144 valence electrons. The molecule has 8 nitrogen and oxygen atoms in total. The third kappa shape index (κ3) is 3.99. The first-order valence-corrected chi connectivity index (χ1v) is 9.56. The van der Waals surface area contributed by atoms with Gasteiger partial charge in [-0.05, 0) is 49.6 Å². The van der Waals surface area contributed by atoms with Gasteiger partial charge in [0.25, 0.3) is 5.91 Å². The van der Waals surface area contributed by atoms with E-state index in [1.165, 1.54) is 30.8 Å². The number of carbonyl (C=O) groups is 3. The molecule has 0 saturated carbocycles. The largest absolute Gasteiger partial charge is 0.448 e. The summed E-state index contributed by atoms with van der Waals surface area (Å²) in [6.07, 6.45) is 2.62. The van der Waals surface area contributed by atoms with Gasteiger partial charge in [0.05, 0.1) is 5.52 Å².